The molecule has 0 bridgehead atoms. The molecule has 1 aromatic heterocycles. The van der Waals surface area contributed by atoms with Crippen LogP contribution in [0.3, 0.4) is 0 Å². The summed E-state index contributed by atoms with van der Waals surface area (Å²) < 4.78 is 1.92. The molecule has 18 heavy (non-hydrogen) atoms. The number of hydrogen-bond donors (Lipinski definition) is 1. The van der Waals surface area contributed by atoms with E-state index in [1.54, 1.807) is 0 Å². The fourth-order valence-corrected chi connectivity index (χ4v) is 2.38. The number of fused-ring (bicyclic) bond motifs is 1. The zero-order chi connectivity index (χ0) is 12.7. The Balaban J connectivity index is 2.36. The molecule has 0 aliphatic heterocycles. The summed E-state index contributed by atoms with van der Waals surface area (Å²) in [4.78, 5) is 0. The van der Waals surface area contributed by atoms with Gasteiger partial charge in [0, 0.05) is 23.7 Å². The van der Waals surface area contributed by atoms with Gasteiger partial charge >= 0.3 is 0 Å². The van der Waals surface area contributed by atoms with Gasteiger partial charge < -0.3 is 5.73 Å². The van der Waals surface area contributed by atoms with Crippen molar-refractivity contribution in [1.29, 1.82) is 0 Å². The molecule has 0 aliphatic carbocycles. The second-order valence-electron chi connectivity index (χ2n) is 4.56. The molecule has 0 saturated heterocycles. The van der Waals surface area contributed by atoms with Gasteiger partial charge in [0.15, 0.2) is 0 Å². The number of hydrogen-bond acceptors (Lipinski definition) is 2. The van der Waals surface area contributed by atoms with Crippen molar-refractivity contribution >= 4 is 16.6 Å². The topological polar surface area (TPSA) is 43.8 Å². The molecule has 3 aromatic rings. The van der Waals surface area contributed by atoms with Crippen LogP contribution in [0.15, 0.2) is 42.5 Å². The number of rotatable bonds is 1. The summed E-state index contributed by atoms with van der Waals surface area (Å²) in [6.07, 6.45) is 0. The molecular weight excluding hydrogens is 222 g/mol. The predicted octanol–water partition coefficient (Wildman–Crippen LogP) is 3.13. The molecule has 0 fully saturated rings. The SMILES string of the molecule is Cc1ccccc1-c1c2ccc(N)cc2nn1C. The van der Waals surface area contributed by atoms with Crippen LogP contribution in [0.5, 0.6) is 0 Å². The third kappa shape index (κ3) is 1.56. The van der Waals surface area contributed by atoms with Crippen molar-refractivity contribution in [2.75, 3.05) is 5.73 Å². The van der Waals surface area contributed by atoms with Crippen LogP contribution in [0.4, 0.5) is 5.69 Å². The van der Waals surface area contributed by atoms with E-state index in [9.17, 15) is 0 Å². The van der Waals surface area contributed by atoms with Gasteiger partial charge in [0.25, 0.3) is 0 Å². The summed E-state index contributed by atoms with van der Waals surface area (Å²) in [6, 6.07) is 14.2. The Kier molecular flexibility index (Phi) is 2.33. The number of anilines is 1. The largest absolute Gasteiger partial charge is 0.399 e. The van der Waals surface area contributed by atoms with Gasteiger partial charge in [-0.3, -0.25) is 4.68 Å². The molecule has 0 unspecified atom stereocenters. The van der Waals surface area contributed by atoms with E-state index in [-0.39, 0.29) is 0 Å². The average molecular weight is 237 g/mol. The smallest absolute Gasteiger partial charge is 0.0950 e. The van der Waals surface area contributed by atoms with Crippen molar-refractivity contribution in [2.24, 2.45) is 7.05 Å². The van der Waals surface area contributed by atoms with E-state index in [2.05, 4.69) is 36.3 Å². The summed E-state index contributed by atoms with van der Waals surface area (Å²) in [6.45, 7) is 2.12. The molecule has 3 nitrogen and oxygen atoms in total. The van der Waals surface area contributed by atoms with Gasteiger partial charge in [0.05, 0.1) is 11.2 Å². The van der Waals surface area contributed by atoms with Gasteiger partial charge in [-0.2, -0.15) is 5.10 Å². The zero-order valence-electron chi connectivity index (χ0n) is 10.5. The number of aromatic nitrogens is 2. The first-order valence-corrected chi connectivity index (χ1v) is 5.95. The van der Waals surface area contributed by atoms with Crippen LogP contribution >= 0.6 is 0 Å². The van der Waals surface area contributed by atoms with E-state index >= 15 is 0 Å². The highest BCUT2D eigenvalue weighted by atomic mass is 15.3. The molecule has 0 aliphatic rings. The van der Waals surface area contributed by atoms with Crippen LogP contribution in [0, 0.1) is 6.92 Å². The molecule has 0 spiro atoms. The number of nitrogens with zero attached hydrogens (tertiary/aromatic N) is 2. The second-order valence-corrected chi connectivity index (χ2v) is 4.56. The van der Waals surface area contributed by atoms with E-state index in [1.807, 2.05) is 29.9 Å². The highest BCUT2D eigenvalue weighted by molar-refractivity contribution is 5.95. The van der Waals surface area contributed by atoms with E-state index < -0.39 is 0 Å². The summed E-state index contributed by atoms with van der Waals surface area (Å²) in [5.74, 6) is 0. The number of nitrogens with two attached hydrogens (primary N) is 1. The predicted molar refractivity (Wildman–Crippen MR) is 75.3 cm³/mol. The number of aryl methyl sites for hydroxylation is 2. The molecule has 2 aromatic carbocycles. The Morgan fingerprint density at radius 1 is 1.11 bits per heavy atom. The molecule has 1 heterocycles. The number of nitrogen functional groups attached to an aromatic ring is 1. The van der Waals surface area contributed by atoms with Gasteiger partial charge in [0.2, 0.25) is 0 Å². The normalized spacial score (nSPS) is 11.0. The summed E-state index contributed by atoms with van der Waals surface area (Å²) >= 11 is 0. The van der Waals surface area contributed by atoms with Gasteiger partial charge in [-0.15, -0.1) is 0 Å². The lowest BCUT2D eigenvalue weighted by Gasteiger charge is -2.06. The molecular formula is C15H15N3. The Morgan fingerprint density at radius 3 is 2.67 bits per heavy atom. The molecule has 3 heteroatoms. The fraction of sp³-hybridized carbons (Fsp3) is 0.133. The first-order chi connectivity index (χ1) is 8.66. The van der Waals surface area contributed by atoms with E-state index in [0.717, 1.165) is 22.3 Å². The third-order valence-corrected chi connectivity index (χ3v) is 3.26. The van der Waals surface area contributed by atoms with Crippen LogP contribution in [0.1, 0.15) is 5.56 Å². The highest BCUT2D eigenvalue weighted by Gasteiger charge is 2.12. The Hall–Kier alpha value is -2.29. The first-order valence-electron chi connectivity index (χ1n) is 5.95. The zero-order valence-corrected chi connectivity index (χ0v) is 10.5. The first kappa shape index (κ1) is 10.8. The Morgan fingerprint density at radius 2 is 1.89 bits per heavy atom. The molecule has 3 rings (SSSR count). The van der Waals surface area contributed by atoms with Gasteiger partial charge in [-0.1, -0.05) is 24.3 Å². The Labute approximate surface area is 106 Å². The maximum atomic E-state index is 5.80. The van der Waals surface area contributed by atoms with Gasteiger partial charge in [-0.25, -0.2) is 0 Å². The lowest BCUT2D eigenvalue weighted by Crippen LogP contribution is -1.94. The van der Waals surface area contributed by atoms with Crippen molar-refractivity contribution in [2.45, 2.75) is 6.92 Å². The van der Waals surface area contributed by atoms with Crippen molar-refractivity contribution in [3.8, 4) is 11.3 Å². The quantitative estimate of drug-likeness (QED) is 0.661. The monoisotopic (exact) mass is 237 g/mol. The minimum atomic E-state index is 0.747. The highest BCUT2D eigenvalue weighted by Crippen LogP contribution is 2.31. The molecule has 0 amide bonds. The lowest BCUT2D eigenvalue weighted by atomic mass is 10.0. The molecule has 0 saturated carbocycles. The Bertz CT molecular complexity index is 726. The fourth-order valence-electron chi connectivity index (χ4n) is 2.38. The summed E-state index contributed by atoms with van der Waals surface area (Å²) in [5.41, 5.74) is 11.1. The van der Waals surface area contributed by atoms with E-state index in [0.29, 0.717) is 0 Å². The van der Waals surface area contributed by atoms with Crippen LogP contribution in [-0.2, 0) is 7.05 Å². The lowest BCUT2D eigenvalue weighted by molar-refractivity contribution is 0.787. The summed E-state index contributed by atoms with van der Waals surface area (Å²) in [5, 5.41) is 5.67. The van der Waals surface area contributed by atoms with Crippen LogP contribution in [-0.4, -0.2) is 9.78 Å². The standard InChI is InChI=1S/C15H15N3/c1-10-5-3-4-6-12(10)15-13-8-7-11(16)9-14(13)17-18(15)2/h3-9H,16H2,1-2H3. The molecule has 2 N–H and O–H groups in total. The van der Waals surface area contributed by atoms with Crippen molar-refractivity contribution in [1.82, 2.24) is 9.78 Å². The summed E-state index contributed by atoms with van der Waals surface area (Å²) in [7, 11) is 1.97. The molecule has 0 atom stereocenters. The third-order valence-electron chi connectivity index (χ3n) is 3.26. The maximum Gasteiger partial charge on any atom is 0.0950 e. The van der Waals surface area contributed by atoms with Crippen LogP contribution in [0.25, 0.3) is 22.2 Å². The van der Waals surface area contributed by atoms with Crippen molar-refractivity contribution in [3.63, 3.8) is 0 Å². The van der Waals surface area contributed by atoms with Crippen LogP contribution in [0.2, 0.25) is 0 Å². The van der Waals surface area contributed by atoms with Crippen molar-refractivity contribution < 1.29 is 0 Å². The van der Waals surface area contributed by atoms with Crippen molar-refractivity contribution in [3.05, 3.63) is 48.0 Å². The van der Waals surface area contributed by atoms with Gasteiger partial charge in [-0.05, 0) is 30.7 Å². The molecule has 0 radical (unpaired) electrons. The minimum absolute atomic E-state index is 0.747. The van der Waals surface area contributed by atoms with Gasteiger partial charge in [0.1, 0.15) is 0 Å². The average Bonchev–Trinajstić information content (AvgIpc) is 2.65. The number of benzene rings is 2. The minimum Gasteiger partial charge on any atom is -0.399 e. The van der Waals surface area contributed by atoms with E-state index in [4.69, 9.17) is 5.73 Å². The van der Waals surface area contributed by atoms with E-state index in [1.165, 1.54) is 11.1 Å². The maximum absolute atomic E-state index is 5.80. The second kappa shape index (κ2) is 3.88. The van der Waals surface area contributed by atoms with Crippen LogP contribution < -0.4 is 5.73 Å². The molecule has 90 valence electrons.